The first kappa shape index (κ1) is 13.1. The summed E-state index contributed by atoms with van der Waals surface area (Å²) in [5, 5.41) is 1.14. The highest BCUT2D eigenvalue weighted by atomic mass is 14.8. The monoisotopic (exact) mass is 251 g/mol. The number of fused-ring (bicyclic) bond motifs is 1. The van der Waals surface area contributed by atoms with E-state index in [0.29, 0.717) is 0 Å². The first-order valence-electron chi connectivity index (χ1n) is 6.46. The lowest BCUT2D eigenvalue weighted by atomic mass is 10.0. The third-order valence-electron chi connectivity index (χ3n) is 2.83. The van der Waals surface area contributed by atoms with Crippen molar-refractivity contribution >= 4 is 10.9 Å². The van der Waals surface area contributed by atoms with Crippen molar-refractivity contribution in [2.75, 3.05) is 0 Å². The third-order valence-corrected chi connectivity index (χ3v) is 2.83. The lowest BCUT2D eigenvalue weighted by molar-refractivity contribution is 1.11. The second kappa shape index (κ2) is 6.05. The van der Waals surface area contributed by atoms with Crippen LogP contribution in [0.5, 0.6) is 0 Å². The Morgan fingerprint density at radius 2 is 1.84 bits per heavy atom. The Kier molecular flexibility index (Phi) is 4.18. The summed E-state index contributed by atoms with van der Waals surface area (Å²) >= 11 is 0. The molecule has 3 aromatic rings. The van der Waals surface area contributed by atoms with Crippen LogP contribution in [0.4, 0.5) is 0 Å². The normalized spacial score (nSPS) is 9.84. The Hall–Kier alpha value is -2.29. The van der Waals surface area contributed by atoms with Crippen LogP contribution in [0.2, 0.25) is 0 Å². The van der Waals surface area contributed by atoms with Gasteiger partial charge >= 0.3 is 0 Å². The lowest BCUT2D eigenvalue weighted by Gasteiger charge is -2.05. The molecule has 96 valence electrons. The molecule has 0 aliphatic carbocycles. The Morgan fingerprint density at radius 1 is 1.00 bits per heavy atom. The van der Waals surface area contributed by atoms with Crippen LogP contribution in [0.3, 0.4) is 0 Å². The molecule has 3 heteroatoms. The molecule has 0 N–H and O–H groups in total. The first-order chi connectivity index (χ1) is 9.34. The summed E-state index contributed by atoms with van der Waals surface area (Å²) in [6.45, 7) is 5.99. The van der Waals surface area contributed by atoms with E-state index in [1.807, 2.05) is 33.0 Å². The minimum absolute atomic E-state index is 0.982. The van der Waals surface area contributed by atoms with E-state index in [2.05, 4.69) is 39.2 Å². The maximum Gasteiger partial charge on any atom is 0.115 e. The van der Waals surface area contributed by atoms with Gasteiger partial charge in [-0.3, -0.25) is 4.98 Å². The van der Waals surface area contributed by atoms with Crippen LogP contribution in [0.1, 0.15) is 19.5 Å². The molecule has 0 saturated heterocycles. The largest absolute Gasteiger partial charge is 0.256 e. The molecule has 0 aliphatic rings. The van der Waals surface area contributed by atoms with Gasteiger partial charge in [-0.2, -0.15) is 0 Å². The van der Waals surface area contributed by atoms with Crippen LogP contribution >= 0.6 is 0 Å². The van der Waals surface area contributed by atoms with E-state index in [4.69, 9.17) is 0 Å². The average Bonchev–Trinajstić information content (AvgIpc) is 2.49. The number of aryl methyl sites for hydroxylation is 1. The van der Waals surface area contributed by atoms with E-state index in [-0.39, 0.29) is 0 Å². The van der Waals surface area contributed by atoms with Gasteiger partial charge in [0, 0.05) is 29.0 Å². The molecule has 3 rings (SSSR count). The molecule has 0 bridgehead atoms. The predicted molar refractivity (Wildman–Crippen MR) is 78.9 cm³/mol. The second-order valence-electron chi connectivity index (χ2n) is 3.93. The molecule has 19 heavy (non-hydrogen) atoms. The highest BCUT2D eigenvalue weighted by Gasteiger charge is 2.03. The van der Waals surface area contributed by atoms with Crippen molar-refractivity contribution in [3.05, 3.63) is 54.7 Å². The number of pyridine rings is 1. The maximum absolute atomic E-state index is 4.36. The van der Waals surface area contributed by atoms with Crippen LogP contribution < -0.4 is 0 Å². The van der Waals surface area contributed by atoms with Gasteiger partial charge in [-0.05, 0) is 24.6 Å². The molecule has 0 fully saturated rings. The van der Waals surface area contributed by atoms with Gasteiger partial charge in [0.15, 0.2) is 0 Å². The quantitative estimate of drug-likeness (QED) is 0.655. The molecule has 0 radical (unpaired) electrons. The van der Waals surface area contributed by atoms with E-state index in [1.54, 1.807) is 12.5 Å². The SMILES string of the molecule is CC.Cc1ncncc1-c1ccc2cccnc2c1. The zero-order valence-corrected chi connectivity index (χ0v) is 11.5. The van der Waals surface area contributed by atoms with E-state index >= 15 is 0 Å². The highest BCUT2D eigenvalue weighted by Crippen LogP contribution is 2.24. The number of hydrogen-bond donors (Lipinski definition) is 0. The van der Waals surface area contributed by atoms with Gasteiger partial charge in [0.25, 0.3) is 0 Å². The molecule has 0 saturated carbocycles. The standard InChI is InChI=1S/C14H11N3.C2H6/c1-10-13(8-15-9-17-10)12-5-4-11-3-2-6-16-14(11)7-12;1-2/h2-9H,1H3;1-2H3. The van der Waals surface area contributed by atoms with E-state index < -0.39 is 0 Å². The minimum Gasteiger partial charge on any atom is -0.256 e. The predicted octanol–water partition coefficient (Wildman–Crippen LogP) is 4.03. The zero-order chi connectivity index (χ0) is 13.7. The van der Waals surface area contributed by atoms with Gasteiger partial charge in [0.2, 0.25) is 0 Å². The van der Waals surface area contributed by atoms with Crippen molar-refractivity contribution < 1.29 is 0 Å². The molecule has 0 unspecified atom stereocenters. The number of benzene rings is 1. The van der Waals surface area contributed by atoms with Crippen molar-refractivity contribution in [1.29, 1.82) is 0 Å². The Bertz CT molecular complexity index is 677. The molecule has 0 atom stereocenters. The van der Waals surface area contributed by atoms with Crippen LogP contribution in [-0.2, 0) is 0 Å². The highest BCUT2D eigenvalue weighted by molar-refractivity contribution is 5.84. The Morgan fingerprint density at radius 3 is 2.63 bits per heavy atom. The zero-order valence-electron chi connectivity index (χ0n) is 11.5. The number of aromatic nitrogens is 3. The fourth-order valence-electron chi connectivity index (χ4n) is 1.91. The topological polar surface area (TPSA) is 38.7 Å². The van der Waals surface area contributed by atoms with Gasteiger partial charge in [-0.25, -0.2) is 9.97 Å². The van der Waals surface area contributed by atoms with Gasteiger partial charge in [0.05, 0.1) is 5.52 Å². The van der Waals surface area contributed by atoms with Crippen LogP contribution in [0.15, 0.2) is 49.1 Å². The summed E-state index contributed by atoms with van der Waals surface area (Å²) in [7, 11) is 0. The van der Waals surface area contributed by atoms with Gasteiger partial charge in [-0.1, -0.05) is 32.0 Å². The lowest BCUT2D eigenvalue weighted by Crippen LogP contribution is -1.89. The average molecular weight is 251 g/mol. The fourth-order valence-corrected chi connectivity index (χ4v) is 1.91. The van der Waals surface area contributed by atoms with Crippen molar-refractivity contribution in [2.45, 2.75) is 20.8 Å². The second-order valence-corrected chi connectivity index (χ2v) is 3.93. The van der Waals surface area contributed by atoms with Crippen molar-refractivity contribution in [2.24, 2.45) is 0 Å². The molecule has 3 nitrogen and oxygen atoms in total. The summed E-state index contributed by atoms with van der Waals surface area (Å²) in [4.78, 5) is 12.6. The van der Waals surface area contributed by atoms with E-state index in [0.717, 1.165) is 27.7 Å². The molecule has 2 aromatic heterocycles. The van der Waals surface area contributed by atoms with Crippen LogP contribution in [-0.4, -0.2) is 15.0 Å². The minimum atomic E-state index is 0.982. The van der Waals surface area contributed by atoms with Crippen molar-refractivity contribution in [3.8, 4) is 11.1 Å². The molecule has 0 amide bonds. The smallest absolute Gasteiger partial charge is 0.115 e. The number of rotatable bonds is 1. The van der Waals surface area contributed by atoms with E-state index in [1.165, 1.54) is 0 Å². The fraction of sp³-hybridized carbons (Fsp3) is 0.188. The van der Waals surface area contributed by atoms with Crippen molar-refractivity contribution in [1.82, 2.24) is 15.0 Å². The number of nitrogens with zero attached hydrogens (tertiary/aromatic N) is 3. The van der Waals surface area contributed by atoms with Crippen LogP contribution in [0, 0.1) is 6.92 Å². The Balaban J connectivity index is 0.000000637. The summed E-state index contributed by atoms with van der Waals surface area (Å²) in [5.74, 6) is 0. The molecule has 2 heterocycles. The molecule has 0 aliphatic heterocycles. The summed E-state index contributed by atoms with van der Waals surface area (Å²) in [5.41, 5.74) is 4.14. The first-order valence-corrected chi connectivity index (χ1v) is 6.46. The van der Waals surface area contributed by atoms with Crippen LogP contribution in [0.25, 0.3) is 22.0 Å². The molecular weight excluding hydrogens is 234 g/mol. The molecule has 0 spiro atoms. The van der Waals surface area contributed by atoms with E-state index in [9.17, 15) is 0 Å². The summed E-state index contributed by atoms with van der Waals surface area (Å²) < 4.78 is 0. The van der Waals surface area contributed by atoms with Crippen molar-refractivity contribution in [3.63, 3.8) is 0 Å². The van der Waals surface area contributed by atoms with Gasteiger partial charge < -0.3 is 0 Å². The Labute approximate surface area is 113 Å². The third kappa shape index (κ3) is 2.76. The van der Waals surface area contributed by atoms with Gasteiger partial charge in [-0.15, -0.1) is 0 Å². The number of hydrogen-bond acceptors (Lipinski definition) is 3. The summed E-state index contributed by atoms with van der Waals surface area (Å²) in [6, 6.07) is 10.2. The maximum atomic E-state index is 4.36. The molecule has 1 aromatic carbocycles. The molecular formula is C16H17N3. The van der Waals surface area contributed by atoms with Gasteiger partial charge in [0.1, 0.15) is 6.33 Å². The summed E-state index contributed by atoms with van der Waals surface area (Å²) in [6.07, 6.45) is 5.21.